The summed E-state index contributed by atoms with van der Waals surface area (Å²) in [6.07, 6.45) is 13.0. The Morgan fingerprint density at radius 2 is 1.33 bits per heavy atom. The van der Waals surface area contributed by atoms with E-state index in [2.05, 4.69) is 26.1 Å². The van der Waals surface area contributed by atoms with Gasteiger partial charge in [0.25, 0.3) is 0 Å². The minimum absolute atomic E-state index is 0.836. The molecule has 0 aromatic heterocycles. The van der Waals surface area contributed by atoms with Gasteiger partial charge in [0.05, 0.1) is 0 Å². The van der Waals surface area contributed by atoms with Crippen molar-refractivity contribution in [2.45, 2.75) is 90.6 Å². The van der Waals surface area contributed by atoms with E-state index in [0.717, 1.165) is 29.8 Å². The molecule has 0 aromatic rings. The standard InChI is InChI=1S/C17H33N/c1-4-14-5-9-16(10-6-14)18-17-11-7-15(8-12-17)13(2)3/h13-18H,4-12H2,1-3H3. The Kier molecular flexibility index (Phi) is 5.54. The highest BCUT2D eigenvalue weighted by atomic mass is 15.0. The maximum atomic E-state index is 3.96. The molecule has 0 aliphatic heterocycles. The third-order valence-electron chi connectivity index (χ3n) is 5.61. The van der Waals surface area contributed by atoms with E-state index in [0.29, 0.717) is 0 Å². The van der Waals surface area contributed by atoms with Crippen molar-refractivity contribution in [3.8, 4) is 0 Å². The quantitative estimate of drug-likeness (QED) is 0.759. The summed E-state index contributed by atoms with van der Waals surface area (Å²) in [5.41, 5.74) is 0. The predicted octanol–water partition coefficient (Wildman–Crippen LogP) is 4.76. The van der Waals surface area contributed by atoms with Crippen LogP contribution in [0.25, 0.3) is 0 Å². The van der Waals surface area contributed by atoms with Crippen LogP contribution in [0.15, 0.2) is 0 Å². The third-order valence-corrected chi connectivity index (χ3v) is 5.61. The smallest absolute Gasteiger partial charge is 0.00698 e. The fourth-order valence-electron chi connectivity index (χ4n) is 4.02. The largest absolute Gasteiger partial charge is 0.311 e. The van der Waals surface area contributed by atoms with Crippen molar-refractivity contribution in [2.75, 3.05) is 0 Å². The van der Waals surface area contributed by atoms with Crippen LogP contribution in [0.2, 0.25) is 0 Å². The van der Waals surface area contributed by atoms with Crippen molar-refractivity contribution in [3.05, 3.63) is 0 Å². The summed E-state index contributed by atoms with van der Waals surface area (Å²) in [6.45, 7) is 7.14. The van der Waals surface area contributed by atoms with E-state index in [1.54, 1.807) is 0 Å². The molecule has 1 nitrogen and oxygen atoms in total. The third kappa shape index (κ3) is 3.98. The molecule has 0 aromatic carbocycles. The molecule has 18 heavy (non-hydrogen) atoms. The Balaban J connectivity index is 1.66. The van der Waals surface area contributed by atoms with Gasteiger partial charge in [-0.1, -0.05) is 27.2 Å². The first-order valence-corrected chi connectivity index (χ1v) is 8.45. The molecule has 2 saturated carbocycles. The molecule has 2 fully saturated rings. The summed E-state index contributed by atoms with van der Waals surface area (Å²) in [5, 5.41) is 3.96. The minimum atomic E-state index is 0.836. The van der Waals surface area contributed by atoms with Crippen LogP contribution in [0.1, 0.15) is 78.6 Å². The zero-order valence-corrected chi connectivity index (χ0v) is 12.8. The first kappa shape index (κ1) is 14.4. The second-order valence-electron chi connectivity index (χ2n) is 7.15. The summed E-state index contributed by atoms with van der Waals surface area (Å²) in [4.78, 5) is 0. The van der Waals surface area contributed by atoms with Crippen LogP contribution in [0, 0.1) is 17.8 Å². The number of hydrogen-bond acceptors (Lipinski definition) is 1. The van der Waals surface area contributed by atoms with Crippen molar-refractivity contribution in [1.29, 1.82) is 0 Å². The molecule has 0 atom stereocenters. The molecule has 0 radical (unpaired) electrons. The molecule has 0 unspecified atom stereocenters. The highest BCUT2D eigenvalue weighted by Gasteiger charge is 2.26. The van der Waals surface area contributed by atoms with E-state index in [9.17, 15) is 0 Å². The number of rotatable bonds is 4. The highest BCUT2D eigenvalue weighted by Crippen LogP contribution is 2.32. The normalized spacial score (nSPS) is 38.0. The molecule has 1 heteroatoms. The Bertz CT molecular complexity index is 220. The van der Waals surface area contributed by atoms with Gasteiger partial charge in [-0.2, -0.15) is 0 Å². The van der Waals surface area contributed by atoms with Gasteiger partial charge < -0.3 is 5.32 Å². The van der Waals surface area contributed by atoms with Gasteiger partial charge in [-0.05, 0) is 69.1 Å². The Morgan fingerprint density at radius 3 is 1.78 bits per heavy atom. The summed E-state index contributed by atoms with van der Waals surface area (Å²) in [6, 6.07) is 1.68. The lowest BCUT2D eigenvalue weighted by molar-refractivity contribution is 0.205. The molecule has 0 spiro atoms. The molecular formula is C17H33N. The minimum Gasteiger partial charge on any atom is -0.311 e. The monoisotopic (exact) mass is 251 g/mol. The van der Waals surface area contributed by atoms with Gasteiger partial charge in [-0.3, -0.25) is 0 Å². The zero-order chi connectivity index (χ0) is 13.0. The van der Waals surface area contributed by atoms with Gasteiger partial charge in [0.1, 0.15) is 0 Å². The maximum Gasteiger partial charge on any atom is 0.00698 e. The van der Waals surface area contributed by atoms with Gasteiger partial charge in [-0.25, -0.2) is 0 Å². The Morgan fingerprint density at radius 1 is 0.833 bits per heavy atom. The van der Waals surface area contributed by atoms with Crippen LogP contribution in [-0.2, 0) is 0 Å². The maximum absolute atomic E-state index is 3.96. The summed E-state index contributed by atoms with van der Waals surface area (Å²) >= 11 is 0. The van der Waals surface area contributed by atoms with Crippen LogP contribution < -0.4 is 5.32 Å². The van der Waals surface area contributed by atoms with E-state index in [1.165, 1.54) is 57.8 Å². The number of hydrogen-bond donors (Lipinski definition) is 1. The van der Waals surface area contributed by atoms with E-state index in [-0.39, 0.29) is 0 Å². The van der Waals surface area contributed by atoms with Crippen LogP contribution in [0.5, 0.6) is 0 Å². The first-order chi connectivity index (χ1) is 8.69. The SMILES string of the molecule is CCC1CCC(NC2CCC(C(C)C)CC2)CC1. The molecule has 2 aliphatic carbocycles. The molecule has 0 heterocycles. The van der Waals surface area contributed by atoms with Crippen molar-refractivity contribution in [1.82, 2.24) is 5.32 Å². The second-order valence-corrected chi connectivity index (χ2v) is 7.15. The fourth-order valence-corrected chi connectivity index (χ4v) is 4.02. The molecule has 2 aliphatic rings. The summed E-state index contributed by atoms with van der Waals surface area (Å²) in [5.74, 6) is 2.92. The second kappa shape index (κ2) is 6.93. The average molecular weight is 251 g/mol. The van der Waals surface area contributed by atoms with E-state index >= 15 is 0 Å². The lowest BCUT2D eigenvalue weighted by atomic mass is 9.78. The highest BCUT2D eigenvalue weighted by molar-refractivity contribution is 4.84. The molecule has 0 amide bonds. The summed E-state index contributed by atoms with van der Waals surface area (Å²) < 4.78 is 0. The van der Waals surface area contributed by atoms with Gasteiger partial charge in [-0.15, -0.1) is 0 Å². The topological polar surface area (TPSA) is 12.0 Å². The first-order valence-electron chi connectivity index (χ1n) is 8.45. The lowest BCUT2D eigenvalue weighted by Gasteiger charge is -2.36. The van der Waals surface area contributed by atoms with Crippen LogP contribution in [0.3, 0.4) is 0 Å². The van der Waals surface area contributed by atoms with Gasteiger partial charge in [0.2, 0.25) is 0 Å². The van der Waals surface area contributed by atoms with Crippen molar-refractivity contribution in [3.63, 3.8) is 0 Å². The van der Waals surface area contributed by atoms with Crippen LogP contribution in [0.4, 0.5) is 0 Å². The predicted molar refractivity (Wildman–Crippen MR) is 79.8 cm³/mol. The molecule has 0 bridgehead atoms. The molecular weight excluding hydrogens is 218 g/mol. The van der Waals surface area contributed by atoms with Gasteiger partial charge in [0.15, 0.2) is 0 Å². The van der Waals surface area contributed by atoms with E-state index in [1.807, 2.05) is 0 Å². The molecule has 106 valence electrons. The van der Waals surface area contributed by atoms with Crippen molar-refractivity contribution >= 4 is 0 Å². The lowest BCUT2D eigenvalue weighted by Crippen LogP contribution is -2.42. The van der Waals surface area contributed by atoms with Crippen molar-refractivity contribution in [2.24, 2.45) is 17.8 Å². The molecule has 2 rings (SSSR count). The van der Waals surface area contributed by atoms with E-state index in [4.69, 9.17) is 0 Å². The summed E-state index contributed by atoms with van der Waals surface area (Å²) in [7, 11) is 0. The fraction of sp³-hybridized carbons (Fsp3) is 1.00. The Hall–Kier alpha value is -0.0400. The Labute approximate surface area is 114 Å². The van der Waals surface area contributed by atoms with Gasteiger partial charge in [0, 0.05) is 12.1 Å². The van der Waals surface area contributed by atoms with Crippen molar-refractivity contribution < 1.29 is 0 Å². The zero-order valence-electron chi connectivity index (χ0n) is 12.8. The van der Waals surface area contributed by atoms with Gasteiger partial charge >= 0.3 is 0 Å². The number of nitrogens with one attached hydrogen (secondary N) is 1. The molecule has 0 saturated heterocycles. The van der Waals surface area contributed by atoms with Crippen LogP contribution in [-0.4, -0.2) is 12.1 Å². The van der Waals surface area contributed by atoms with Crippen LogP contribution >= 0.6 is 0 Å². The average Bonchev–Trinajstić information content (AvgIpc) is 2.40. The van der Waals surface area contributed by atoms with E-state index < -0.39 is 0 Å². The molecule has 1 N–H and O–H groups in total.